The van der Waals surface area contributed by atoms with E-state index < -0.39 is 0 Å². The van der Waals surface area contributed by atoms with Crippen LogP contribution in [0.1, 0.15) is 39.5 Å². The predicted octanol–water partition coefficient (Wildman–Crippen LogP) is 2.44. The van der Waals surface area contributed by atoms with E-state index in [-0.39, 0.29) is 0 Å². The first-order valence-electron chi connectivity index (χ1n) is 5.27. The van der Waals surface area contributed by atoms with Gasteiger partial charge in [-0.25, -0.2) is 0 Å². The van der Waals surface area contributed by atoms with Crippen molar-refractivity contribution >= 4 is 0 Å². The summed E-state index contributed by atoms with van der Waals surface area (Å²) in [4.78, 5) is 0. The van der Waals surface area contributed by atoms with Crippen LogP contribution in [0.5, 0.6) is 0 Å². The largest absolute Gasteiger partial charge is 0.396 e. The molecule has 1 heteroatoms. The second-order valence-corrected chi connectivity index (χ2v) is 5.21. The van der Waals surface area contributed by atoms with Crippen molar-refractivity contribution in [3.05, 3.63) is 0 Å². The van der Waals surface area contributed by atoms with Crippen LogP contribution in [-0.2, 0) is 0 Å². The van der Waals surface area contributed by atoms with E-state index in [9.17, 15) is 0 Å². The molecule has 0 heterocycles. The van der Waals surface area contributed by atoms with Crippen LogP contribution < -0.4 is 0 Å². The Bertz CT molecular complexity index is 174. The minimum absolute atomic E-state index is 0.386. The minimum Gasteiger partial charge on any atom is -0.396 e. The van der Waals surface area contributed by atoms with Gasteiger partial charge < -0.3 is 5.11 Å². The average Bonchev–Trinajstić information content (AvgIpc) is 2.53. The van der Waals surface area contributed by atoms with Gasteiger partial charge in [-0.15, -0.1) is 0 Å². The van der Waals surface area contributed by atoms with Crippen molar-refractivity contribution in [3.8, 4) is 0 Å². The molecule has 2 aliphatic carbocycles. The molecule has 0 aliphatic heterocycles. The number of hydrogen-bond donors (Lipinski definition) is 1. The van der Waals surface area contributed by atoms with Gasteiger partial charge in [0.2, 0.25) is 0 Å². The first-order chi connectivity index (χ1) is 5.66. The van der Waals surface area contributed by atoms with Crippen molar-refractivity contribution in [1.82, 2.24) is 0 Å². The molecule has 1 N–H and O–H groups in total. The van der Waals surface area contributed by atoms with Crippen LogP contribution in [0, 0.1) is 23.2 Å². The summed E-state index contributed by atoms with van der Waals surface area (Å²) >= 11 is 0. The van der Waals surface area contributed by atoms with Crippen molar-refractivity contribution in [2.45, 2.75) is 39.5 Å². The normalized spacial score (nSPS) is 43.8. The van der Waals surface area contributed by atoms with Gasteiger partial charge in [-0.1, -0.05) is 13.8 Å². The van der Waals surface area contributed by atoms with Crippen molar-refractivity contribution in [1.29, 1.82) is 0 Å². The quantitative estimate of drug-likeness (QED) is 0.671. The van der Waals surface area contributed by atoms with Crippen LogP contribution in [0.2, 0.25) is 0 Å². The zero-order valence-electron chi connectivity index (χ0n) is 8.21. The SMILES string of the molecule is CC1(C)[C@H]2CC[C@H](C2)[C@@H]1CCO. The Labute approximate surface area is 75.2 Å². The third kappa shape index (κ3) is 1.02. The van der Waals surface area contributed by atoms with Crippen molar-refractivity contribution in [2.75, 3.05) is 6.61 Å². The Morgan fingerprint density at radius 3 is 2.58 bits per heavy atom. The Hall–Kier alpha value is -0.0400. The molecule has 0 radical (unpaired) electrons. The summed E-state index contributed by atoms with van der Waals surface area (Å²) in [6.45, 7) is 5.19. The fourth-order valence-corrected chi connectivity index (χ4v) is 3.71. The third-order valence-corrected chi connectivity index (χ3v) is 4.49. The number of fused-ring (bicyclic) bond motifs is 2. The van der Waals surface area contributed by atoms with E-state index in [1.807, 2.05) is 0 Å². The molecule has 1 nitrogen and oxygen atoms in total. The number of hydrogen-bond acceptors (Lipinski definition) is 1. The molecule has 2 fully saturated rings. The lowest BCUT2D eigenvalue weighted by Gasteiger charge is -2.38. The summed E-state index contributed by atoms with van der Waals surface area (Å²) in [6, 6.07) is 0. The first kappa shape index (κ1) is 8.55. The number of rotatable bonds is 2. The summed E-state index contributed by atoms with van der Waals surface area (Å²) in [5.41, 5.74) is 0.519. The van der Waals surface area contributed by atoms with Crippen LogP contribution in [0.3, 0.4) is 0 Å². The summed E-state index contributed by atoms with van der Waals surface area (Å²) in [6.07, 6.45) is 5.35. The smallest absolute Gasteiger partial charge is 0.0433 e. The molecule has 12 heavy (non-hydrogen) atoms. The van der Waals surface area contributed by atoms with E-state index in [2.05, 4.69) is 13.8 Å². The molecule has 0 amide bonds. The summed E-state index contributed by atoms with van der Waals surface area (Å²) in [5.74, 6) is 2.71. The molecular weight excluding hydrogens is 148 g/mol. The Morgan fingerprint density at radius 2 is 2.08 bits per heavy atom. The molecule has 0 aromatic heterocycles. The highest BCUT2D eigenvalue weighted by Gasteiger charge is 2.51. The molecule has 3 atom stereocenters. The Kier molecular flexibility index (Phi) is 1.95. The van der Waals surface area contributed by atoms with Gasteiger partial charge in [0.15, 0.2) is 0 Å². The monoisotopic (exact) mass is 168 g/mol. The van der Waals surface area contributed by atoms with Crippen LogP contribution in [0.25, 0.3) is 0 Å². The standard InChI is InChI=1S/C11H20O/c1-11(2)9-4-3-8(7-9)10(11)5-6-12/h8-10,12H,3-7H2,1-2H3/t8-,9+,10+/m1/s1. The fraction of sp³-hybridized carbons (Fsp3) is 1.00. The summed E-state index contributed by atoms with van der Waals surface area (Å²) < 4.78 is 0. The molecule has 0 spiro atoms. The molecule has 2 saturated carbocycles. The number of aliphatic hydroxyl groups is 1. The van der Waals surface area contributed by atoms with Crippen molar-refractivity contribution in [2.24, 2.45) is 23.2 Å². The highest BCUT2D eigenvalue weighted by molar-refractivity contribution is 5.01. The lowest BCUT2D eigenvalue weighted by atomic mass is 9.67. The highest BCUT2D eigenvalue weighted by Crippen LogP contribution is 2.60. The fourth-order valence-electron chi connectivity index (χ4n) is 3.71. The number of aliphatic hydroxyl groups excluding tert-OH is 1. The molecule has 2 bridgehead atoms. The van der Waals surface area contributed by atoms with E-state index in [0.29, 0.717) is 12.0 Å². The summed E-state index contributed by atoms with van der Waals surface area (Å²) in [5, 5.41) is 8.99. The maximum Gasteiger partial charge on any atom is 0.0433 e. The van der Waals surface area contributed by atoms with Gasteiger partial charge in [-0.05, 0) is 48.9 Å². The Morgan fingerprint density at radius 1 is 1.33 bits per heavy atom. The van der Waals surface area contributed by atoms with Gasteiger partial charge in [0.25, 0.3) is 0 Å². The topological polar surface area (TPSA) is 20.2 Å². The van der Waals surface area contributed by atoms with E-state index in [1.54, 1.807) is 0 Å². The van der Waals surface area contributed by atoms with Crippen LogP contribution in [0.15, 0.2) is 0 Å². The van der Waals surface area contributed by atoms with Crippen molar-refractivity contribution < 1.29 is 5.11 Å². The summed E-state index contributed by atoms with van der Waals surface area (Å²) in [7, 11) is 0. The van der Waals surface area contributed by atoms with Gasteiger partial charge >= 0.3 is 0 Å². The van der Waals surface area contributed by atoms with Crippen LogP contribution in [0.4, 0.5) is 0 Å². The zero-order valence-corrected chi connectivity index (χ0v) is 8.21. The maximum atomic E-state index is 8.99. The zero-order chi connectivity index (χ0) is 8.77. The molecule has 0 aromatic rings. The second kappa shape index (κ2) is 2.73. The van der Waals surface area contributed by atoms with Gasteiger partial charge in [0.1, 0.15) is 0 Å². The van der Waals surface area contributed by atoms with E-state index in [1.165, 1.54) is 19.3 Å². The molecular formula is C11H20O. The predicted molar refractivity (Wildman–Crippen MR) is 49.8 cm³/mol. The molecule has 70 valence electrons. The van der Waals surface area contributed by atoms with E-state index in [0.717, 1.165) is 24.2 Å². The molecule has 2 aliphatic rings. The van der Waals surface area contributed by atoms with Gasteiger partial charge in [-0.3, -0.25) is 0 Å². The van der Waals surface area contributed by atoms with E-state index >= 15 is 0 Å². The van der Waals surface area contributed by atoms with Crippen LogP contribution >= 0.6 is 0 Å². The van der Waals surface area contributed by atoms with Gasteiger partial charge in [0, 0.05) is 6.61 Å². The van der Waals surface area contributed by atoms with Crippen molar-refractivity contribution in [3.63, 3.8) is 0 Å². The minimum atomic E-state index is 0.386. The molecule has 0 aromatic carbocycles. The highest BCUT2D eigenvalue weighted by atomic mass is 16.3. The molecule has 0 saturated heterocycles. The van der Waals surface area contributed by atoms with Crippen LogP contribution in [-0.4, -0.2) is 11.7 Å². The Balaban J connectivity index is 2.12. The first-order valence-corrected chi connectivity index (χ1v) is 5.27. The third-order valence-electron chi connectivity index (χ3n) is 4.49. The van der Waals surface area contributed by atoms with Gasteiger partial charge in [0.05, 0.1) is 0 Å². The average molecular weight is 168 g/mol. The lowest BCUT2D eigenvalue weighted by molar-refractivity contribution is 0.0940. The molecule has 2 rings (SSSR count). The second-order valence-electron chi connectivity index (χ2n) is 5.21. The molecule has 0 unspecified atom stereocenters. The van der Waals surface area contributed by atoms with E-state index in [4.69, 9.17) is 5.11 Å². The maximum absolute atomic E-state index is 8.99. The van der Waals surface area contributed by atoms with Gasteiger partial charge in [-0.2, -0.15) is 0 Å². The lowest BCUT2D eigenvalue weighted by Crippen LogP contribution is -2.31.